The third-order valence-corrected chi connectivity index (χ3v) is 3.44. The van der Waals surface area contributed by atoms with Gasteiger partial charge in [0.15, 0.2) is 6.19 Å². The van der Waals surface area contributed by atoms with Crippen molar-refractivity contribution in [2.24, 2.45) is 0 Å². The summed E-state index contributed by atoms with van der Waals surface area (Å²) in [4.78, 5) is 5.54. The number of hydrogen-bond donors (Lipinski definition) is 0. The van der Waals surface area contributed by atoms with Crippen LogP contribution in [0.25, 0.3) is 11.5 Å². The number of oxazole rings is 1. The second-order valence-electron chi connectivity index (χ2n) is 4.79. The molecule has 2 aromatic carbocycles. The van der Waals surface area contributed by atoms with Gasteiger partial charge < -0.3 is 4.42 Å². The average molecular weight is 328 g/mol. The molecule has 3 aromatic rings. The summed E-state index contributed by atoms with van der Waals surface area (Å²) in [6, 6.07) is 13.2. The summed E-state index contributed by atoms with van der Waals surface area (Å²) in [6.07, 6.45) is 3.40. The van der Waals surface area contributed by atoms with Crippen molar-refractivity contribution in [2.45, 2.75) is 6.54 Å². The van der Waals surface area contributed by atoms with Gasteiger partial charge in [-0.15, -0.1) is 0 Å². The van der Waals surface area contributed by atoms with Gasteiger partial charge in [0.05, 0.1) is 12.2 Å². The molecule has 0 N–H and O–H groups in total. The van der Waals surface area contributed by atoms with E-state index in [4.69, 9.17) is 16.0 Å². The van der Waals surface area contributed by atoms with Gasteiger partial charge in [-0.3, -0.25) is 4.90 Å². The number of benzene rings is 2. The molecule has 1 aromatic heterocycles. The summed E-state index contributed by atoms with van der Waals surface area (Å²) < 4.78 is 19.2. The van der Waals surface area contributed by atoms with Crippen LogP contribution in [-0.4, -0.2) is 4.98 Å². The van der Waals surface area contributed by atoms with Crippen LogP contribution in [0.4, 0.5) is 10.1 Å². The summed E-state index contributed by atoms with van der Waals surface area (Å²) in [6.45, 7) is 0.113. The fraction of sp³-hybridized carbons (Fsp3) is 0.0588. The van der Waals surface area contributed by atoms with Gasteiger partial charge in [0.25, 0.3) is 0 Å². The van der Waals surface area contributed by atoms with Gasteiger partial charge in [0, 0.05) is 10.6 Å². The normalized spacial score (nSPS) is 10.3. The van der Waals surface area contributed by atoms with E-state index >= 15 is 0 Å². The monoisotopic (exact) mass is 327 g/mol. The number of para-hydroxylation sites is 1. The Bertz CT molecular complexity index is 872. The van der Waals surface area contributed by atoms with Crippen LogP contribution in [-0.2, 0) is 6.54 Å². The minimum Gasteiger partial charge on any atom is -0.444 e. The lowest BCUT2D eigenvalue weighted by atomic mass is 10.2. The van der Waals surface area contributed by atoms with Crippen LogP contribution in [0.2, 0.25) is 5.02 Å². The number of halogens is 2. The van der Waals surface area contributed by atoms with Crippen molar-refractivity contribution < 1.29 is 8.81 Å². The first-order valence-electron chi connectivity index (χ1n) is 6.79. The Morgan fingerprint density at radius 3 is 2.78 bits per heavy atom. The van der Waals surface area contributed by atoms with Crippen molar-refractivity contribution in [2.75, 3.05) is 4.90 Å². The van der Waals surface area contributed by atoms with Crippen LogP contribution in [0.3, 0.4) is 0 Å². The summed E-state index contributed by atoms with van der Waals surface area (Å²) >= 11 is 5.94. The van der Waals surface area contributed by atoms with Crippen LogP contribution >= 0.6 is 11.6 Å². The van der Waals surface area contributed by atoms with E-state index in [1.54, 1.807) is 30.3 Å². The Morgan fingerprint density at radius 2 is 2.04 bits per heavy atom. The van der Waals surface area contributed by atoms with Crippen molar-refractivity contribution in [3.8, 4) is 17.6 Å². The zero-order valence-electron chi connectivity index (χ0n) is 11.9. The first-order valence-corrected chi connectivity index (χ1v) is 7.17. The smallest absolute Gasteiger partial charge is 0.226 e. The maximum absolute atomic E-state index is 13.8. The van der Waals surface area contributed by atoms with Gasteiger partial charge >= 0.3 is 0 Å². The van der Waals surface area contributed by atoms with E-state index in [2.05, 4.69) is 4.98 Å². The first-order chi connectivity index (χ1) is 11.2. The molecule has 114 valence electrons. The maximum atomic E-state index is 13.8. The molecule has 0 amide bonds. The largest absolute Gasteiger partial charge is 0.444 e. The quantitative estimate of drug-likeness (QED) is 0.518. The van der Waals surface area contributed by atoms with Crippen LogP contribution in [0.5, 0.6) is 0 Å². The van der Waals surface area contributed by atoms with Crippen LogP contribution in [0, 0.1) is 17.3 Å². The fourth-order valence-corrected chi connectivity index (χ4v) is 2.33. The van der Waals surface area contributed by atoms with E-state index in [1.165, 1.54) is 23.3 Å². The van der Waals surface area contributed by atoms with Crippen molar-refractivity contribution in [1.82, 2.24) is 4.98 Å². The van der Waals surface area contributed by atoms with E-state index in [1.807, 2.05) is 12.3 Å². The Hall–Kier alpha value is -2.84. The molecule has 0 aliphatic rings. The van der Waals surface area contributed by atoms with Crippen LogP contribution < -0.4 is 4.90 Å². The Morgan fingerprint density at radius 1 is 1.22 bits per heavy atom. The lowest BCUT2D eigenvalue weighted by Gasteiger charge is -2.14. The van der Waals surface area contributed by atoms with Crippen molar-refractivity contribution >= 4 is 17.3 Å². The molecule has 0 aliphatic carbocycles. The minimum absolute atomic E-state index is 0.113. The SMILES string of the molecule is N#CN(Cc1coc(-c2cccc(Cl)c2)n1)c1ccccc1F. The molecule has 23 heavy (non-hydrogen) atoms. The summed E-state index contributed by atoms with van der Waals surface area (Å²) in [5.41, 5.74) is 1.45. The topological polar surface area (TPSA) is 53.1 Å². The molecule has 0 saturated carbocycles. The second kappa shape index (κ2) is 6.51. The number of aromatic nitrogens is 1. The Labute approximate surface area is 137 Å². The van der Waals surface area contributed by atoms with Crippen molar-refractivity contribution in [3.63, 3.8) is 0 Å². The van der Waals surface area contributed by atoms with Gasteiger partial charge in [0.1, 0.15) is 17.8 Å². The highest BCUT2D eigenvalue weighted by atomic mass is 35.5. The van der Waals surface area contributed by atoms with E-state index in [0.29, 0.717) is 16.6 Å². The van der Waals surface area contributed by atoms with Gasteiger partial charge in [0.2, 0.25) is 5.89 Å². The predicted octanol–water partition coefficient (Wildman–Crippen LogP) is 4.62. The number of nitriles is 1. The van der Waals surface area contributed by atoms with E-state index in [-0.39, 0.29) is 12.2 Å². The molecule has 0 atom stereocenters. The van der Waals surface area contributed by atoms with Crippen LogP contribution in [0.15, 0.2) is 59.2 Å². The van der Waals surface area contributed by atoms with E-state index in [0.717, 1.165) is 5.56 Å². The van der Waals surface area contributed by atoms with Crippen LogP contribution in [0.1, 0.15) is 5.69 Å². The molecule has 3 rings (SSSR count). The first kappa shape index (κ1) is 15.1. The molecule has 0 saturated heterocycles. The molecular weight excluding hydrogens is 317 g/mol. The summed E-state index contributed by atoms with van der Waals surface area (Å²) in [5, 5.41) is 9.84. The zero-order chi connectivity index (χ0) is 16.2. The Kier molecular flexibility index (Phi) is 4.26. The molecule has 1 heterocycles. The molecule has 0 fully saturated rings. The maximum Gasteiger partial charge on any atom is 0.226 e. The van der Waals surface area contributed by atoms with Crippen molar-refractivity contribution in [3.05, 3.63) is 71.3 Å². The molecule has 0 radical (unpaired) electrons. The molecule has 0 bridgehead atoms. The molecule has 4 nitrogen and oxygen atoms in total. The lowest BCUT2D eigenvalue weighted by molar-refractivity contribution is 0.572. The van der Waals surface area contributed by atoms with Gasteiger partial charge in [-0.1, -0.05) is 29.8 Å². The third-order valence-electron chi connectivity index (χ3n) is 3.21. The molecule has 0 aliphatic heterocycles. The molecule has 6 heteroatoms. The summed E-state index contributed by atoms with van der Waals surface area (Å²) in [7, 11) is 0. The van der Waals surface area contributed by atoms with E-state index in [9.17, 15) is 9.65 Å². The Balaban J connectivity index is 1.84. The fourth-order valence-electron chi connectivity index (χ4n) is 2.14. The third kappa shape index (κ3) is 3.33. The molecular formula is C17H11ClFN3O. The highest BCUT2D eigenvalue weighted by Crippen LogP contribution is 2.24. The average Bonchev–Trinajstić information content (AvgIpc) is 3.02. The highest BCUT2D eigenvalue weighted by molar-refractivity contribution is 6.30. The molecule has 0 unspecified atom stereocenters. The summed E-state index contributed by atoms with van der Waals surface area (Å²) in [5.74, 6) is -0.0680. The number of rotatable bonds is 4. The van der Waals surface area contributed by atoms with E-state index < -0.39 is 5.82 Å². The number of nitrogens with zero attached hydrogens (tertiary/aromatic N) is 3. The highest BCUT2D eigenvalue weighted by Gasteiger charge is 2.14. The second-order valence-corrected chi connectivity index (χ2v) is 5.23. The zero-order valence-corrected chi connectivity index (χ0v) is 12.7. The van der Waals surface area contributed by atoms with Gasteiger partial charge in [-0.05, 0) is 30.3 Å². The van der Waals surface area contributed by atoms with Crippen molar-refractivity contribution in [1.29, 1.82) is 5.26 Å². The lowest BCUT2D eigenvalue weighted by Crippen LogP contribution is -2.17. The van der Waals surface area contributed by atoms with Gasteiger partial charge in [-0.2, -0.15) is 5.26 Å². The molecule has 0 spiro atoms. The minimum atomic E-state index is -0.465. The van der Waals surface area contributed by atoms with Gasteiger partial charge in [-0.25, -0.2) is 9.37 Å². The number of hydrogen-bond acceptors (Lipinski definition) is 4. The standard InChI is InChI=1S/C17H11ClFN3O/c18-13-5-3-4-12(8-13)17-21-14(10-23-17)9-22(11-20)16-7-2-1-6-15(16)19/h1-8,10H,9H2. The predicted molar refractivity (Wildman–Crippen MR) is 85.1 cm³/mol. The number of anilines is 1.